The van der Waals surface area contributed by atoms with E-state index >= 15 is 0 Å². The molecule has 0 aliphatic rings. The van der Waals surface area contributed by atoms with E-state index < -0.39 is 0 Å². The first-order valence-corrected chi connectivity index (χ1v) is 8.97. The van der Waals surface area contributed by atoms with Gasteiger partial charge in [-0.3, -0.25) is 0 Å². The predicted octanol–water partition coefficient (Wildman–Crippen LogP) is 6.49. The zero-order valence-corrected chi connectivity index (χ0v) is 14.1. The lowest BCUT2D eigenvalue weighted by molar-refractivity contribution is -0.489. The van der Waals surface area contributed by atoms with Gasteiger partial charge < -0.3 is 4.89 Å². The van der Waals surface area contributed by atoms with E-state index in [-0.39, 0.29) is 0 Å². The van der Waals surface area contributed by atoms with Gasteiger partial charge in [0.2, 0.25) is 0 Å². The molecule has 0 saturated heterocycles. The van der Waals surface area contributed by atoms with Crippen LogP contribution in [0.3, 0.4) is 0 Å². The molecule has 0 N–H and O–H groups in total. The van der Waals surface area contributed by atoms with Crippen molar-refractivity contribution in [3.05, 3.63) is 12.8 Å². The first kappa shape index (κ1) is 20.5. The largest absolute Gasteiger partial charge is 0.317 e. The van der Waals surface area contributed by atoms with Crippen LogP contribution in [-0.2, 0) is 14.8 Å². The molecule has 0 rings (SSSR count). The average Bonchev–Trinajstić information content (AvgIpc) is 2.50. The Bertz CT molecular complexity index is 195. The first-order chi connectivity index (χ1) is 10.4. The van der Waals surface area contributed by atoms with E-state index in [0.29, 0.717) is 6.61 Å². The van der Waals surface area contributed by atoms with E-state index in [1.165, 1.54) is 89.7 Å². The molecule has 126 valence electrons. The maximum Gasteiger partial charge on any atom is 0.125 e. The third-order valence-corrected chi connectivity index (χ3v) is 3.74. The third-order valence-electron chi connectivity index (χ3n) is 3.74. The van der Waals surface area contributed by atoms with Crippen LogP contribution in [0, 0.1) is 0 Å². The summed E-state index contributed by atoms with van der Waals surface area (Å²) in [6.45, 7) is 6.21. The van der Waals surface area contributed by atoms with Crippen molar-refractivity contribution in [2.75, 3.05) is 6.61 Å². The van der Waals surface area contributed by atoms with E-state index in [1.807, 2.05) is 0 Å². The van der Waals surface area contributed by atoms with Crippen LogP contribution in [0.25, 0.3) is 0 Å². The van der Waals surface area contributed by atoms with Gasteiger partial charge in [-0.05, 0) is 11.5 Å². The fraction of sp³-hybridized carbons (Fsp3) is 0.889. The first-order valence-electron chi connectivity index (χ1n) is 8.97. The second-order valence-electron chi connectivity index (χ2n) is 5.75. The van der Waals surface area contributed by atoms with Crippen LogP contribution < -0.4 is 0 Å². The summed E-state index contributed by atoms with van der Waals surface area (Å²) in [7, 11) is 0. The normalized spacial score (nSPS) is 10.7. The summed E-state index contributed by atoms with van der Waals surface area (Å²) in [5.41, 5.74) is 0. The van der Waals surface area contributed by atoms with Crippen molar-refractivity contribution in [2.24, 2.45) is 0 Å². The summed E-state index contributed by atoms with van der Waals surface area (Å²) >= 11 is 0. The van der Waals surface area contributed by atoms with Crippen molar-refractivity contribution in [3.8, 4) is 0 Å². The molecule has 3 heteroatoms. The van der Waals surface area contributed by atoms with E-state index in [4.69, 9.17) is 4.89 Å². The highest BCUT2D eigenvalue weighted by Crippen LogP contribution is 2.12. The number of rotatable bonds is 18. The molecule has 21 heavy (non-hydrogen) atoms. The summed E-state index contributed by atoms with van der Waals surface area (Å²) in [5, 5.41) is 4.38. The second-order valence-corrected chi connectivity index (χ2v) is 5.75. The zero-order chi connectivity index (χ0) is 15.4. The summed E-state index contributed by atoms with van der Waals surface area (Å²) in [6, 6.07) is 0. The molecule has 0 aliphatic carbocycles. The Morgan fingerprint density at radius 1 is 0.667 bits per heavy atom. The molecule has 0 aromatic heterocycles. The number of hydrogen-bond donors (Lipinski definition) is 0. The summed E-state index contributed by atoms with van der Waals surface area (Å²) in [6.07, 6.45) is 20.2. The zero-order valence-electron chi connectivity index (χ0n) is 14.1. The van der Waals surface area contributed by atoms with Crippen molar-refractivity contribution < 1.29 is 14.8 Å². The third kappa shape index (κ3) is 19.5. The van der Waals surface area contributed by atoms with Crippen LogP contribution in [0.1, 0.15) is 96.8 Å². The molecule has 0 aliphatic heterocycles. The smallest absolute Gasteiger partial charge is 0.125 e. The van der Waals surface area contributed by atoms with E-state index in [2.05, 4.69) is 23.4 Å². The average molecular weight is 300 g/mol. The Morgan fingerprint density at radius 2 is 1.10 bits per heavy atom. The van der Waals surface area contributed by atoms with E-state index in [9.17, 15) is 0 Å². The standard InChI is InChI=1S/C18H36O3/c1-3-5-6-7-8-9-10-11-12-13-14-15-16-17-18-20-21-19-4-2/h4H,2-3,5-18H2,1H3. The van der Waals surface area contributed by atoms with Gasteiger partial charge >= 0.3 is 0 Å². The Kier molecular flexibility index (Phi) is 19.0. The van der Waals surface area contributed by atoms with Crippen LogP contribution >= 0.6 is 0 Å². The van der Waals surface area contributed by atoms with Crippen molar-refractivity contribution in [2.45, 2.75) is 96.8 Å². The second kappa shape index (κ2) is 19.5. The van der Waals surface area contributed by atoms with Gasteiger partial charge in [-0.25, -0.2) is 0 Å². The van der Waals surface area contributed by atoms with Gasteiger partial charge in [-0.2, -0.15) is 4.89 Å². The van der Waals surface area contributed by atoms with Crippen LogP contribution in [0.2, 0.25) is 0 Å². The number of unbranched alkanes of at least 4 members (excludes halogenated alkanes) is 13. The maximum absolute atomic E-state index is 4.79. The van der Waals surface area contributed by atoms with Gasteiger partial charge in [0.1, 0.15) is 6.26 Å². The number of hydrogen-bond acceptors (Lipinski definition) is 3. The highest BCUT2D eigenvalue weighted by Gasteiger charge is 1.94. The summed E-state index contributed by atoms with van der Waals surface area (Å²) in [4.78, 5) is 9.18. The lowest BCUT2D eigenvalue weighted by atomic mass is 10.0. The molecule has 0 fully saturated rings. The highest BCUT2D eigenvalue weighted by atomic mass is 17.5. The lowest BCUT2D eigenvalue weighted by Crippen LogP contribution is -1.95. The van der Waals surface area contributed by atoms with Crippen molar-refractivity contribution >= 4 is 0 Å². The Labute approximate surface area is 131 Å². The molecular formula is C18H36O3. The molecule has 0 radical (unpaired) electrons. The minimum absolute atomic E-state index is 0.589. The van der Waals surface area contributed by atoms with Crippen LogP contribution in [0.5, 0.6) is 0 Å². The minimum atomic E-state index is 0.589. The molecule has 3 nitrogen and oxygen atoms in total. The van der Waals surface area contributed by atoms with Gasteiger partial charge in [0.25, 0.3) is 0 Å². The van der Waals surface area contributed by atoms with Crippen LogP contribution in [0.4, 0.5) is 0 Å². The molecule has 0 amide bonds. The molecule has 0 unspecified atom stereocenters. The minimum Gasteiger partial charge on any atom is -0.317 e. The van der Waals surface area contributed by atoms with Gasteiger partial charge in [0, 0.05) is 0 Å². The quantitative estimate of drug-likeness (QED) is 0.125. The topological polar surface area (TPSA) is 27.7 Å². The van der Waals surface area contributed by atoms with E-state index in [1.54, 1.807) is 0 Å². The molecule has 0 heterocycles. The monoisotopic (exact) mass is 300 g/mol. The van der Waals surface area contributed by atoms with E-state index in [0.717, 1.165) is 6.42 Å². The molecular weight excluding hydrogens is 264 g/mol. The van der Waals surface area contributed by atoms with Crippen molar-refractivity contribution in [1.29, 1.82) is 0 Å². The predicted molar refractivity (Wildman–Crippen MR) is 88.6 cm³/mol. The van der Waals surface area contributed by atoms with Crippen LogP contribution in [-0.4, -0.2) is 6.61 Å². The fourth-order valence-corrected chi connectivity index (χ4v) is 2.45. The molecule has 0 atom stereocenters. The SMILES string of the molecule is C=COOOCCCCCCCCCCCCCCCC. The Balaban J connectivity index is 2.91. The molecule has 0 bridgehead atoms. The molecule has 0 aromatic rings. The lowest BCUT2D eigenvalue weighted by Gasteiger charge is -2.03. The maximum atomic E-state index is 4.79. The molecule has 0 saturated carbocycles. The Morgan fingerprint density at radius 3 is 1.52 bits per heavy atom. The molecule has 0 aromatic carbocycles. The van der Waals surface area contributed by atoms with Crippen molar-refractivity contribution in [1.82, 2.24) is 0 Å². The fourth-order valence-electron chi connectivity index (χ4n) is 2.45. The Hall–Kier alpha value is -0.540. The van der Waals surface area contributed by atoms with Gasteiger partial charge in [-0.15, -0.1) is 0 Å². The summed E-state index contributed by atoms with van der Waals surface area (Å²) < 4.78 is 0. The molecule has 0 spiro atoms. The van der Waals surface area contributed by atoms with Gasteiger partial charge in [-0.1, -0.05) is 97.0 Å². The van der Waals surface area contributed by atoms with Crippen molar-refractivity contribution in [3.63, 3.8) is 0 Å². The summed E-state index contributed by atoms with van der Waals surface area (Å²) in [5.74, 6) is 0. The van der Waals surface area contributed by atoms with Gasteiger partial charge in [0.05, 0.1) is 6.61 Å². The highest BCUT2D eigenvalue weighted by molar-refractivity contribution is 4.49. The van der Waals surface area contributed by atoms with Gasteiger partial charge in [0.15, 0.2) is 0 Å². The van der Waals surface area contributed by atoms with Crippen LogP contribution in [0.15, 0.2) is 12.8 Å².